The molecule has 134 valence electrons. The summed E-state index contributed by atoms with van der Waals surface area (Å²) in [5.41, 5.74) is 0.376. The number of para-hydroxylation sites is 1. The molecule has 0 amide bonds. The molecule has 3 rings (SSSR count). The average Bonchev–Trinajstić information content (AvgIpc) is 2.67. The Labute approximate surface area is 153 Å². The SMILES string of the molecule is CCOc1ccc(/C=C(/C#N)c2nc3ccccc3c(=O)[nH]2)cc1[N+](=O)[O-]. The molecule has 0 aliphatic carbocycles. The first-order chi connectivity index (χ1) is 13.0. The van der Waals surface area contributed by atoms with Crippen molar-refractivity contribution in [1.82, 2.24) is 9.97 Å². The lowest BCUT2D eigenvalue weighted by Gasteiger charge is -2.05. The van der Waals surface area contributed by atoms with Crippen LogP contribution in [0.2, 0.25) is 0 Å². The van der Waals surface area contributed by atoms with Gasteiger partial charge in [0.05, 0.1) is 28.0 Å². The van der Waals surface area contributed by atoms with Gasteiger partial charge in [-0.15, -0.1) is 0 Å². The molecule has 0 atom stereocenters. The fourth-order valence-corrected chi connectivity index (χ4v) is 2.58. The monoisotopic (exact) mass is 362 g/mol. The zero-order valence-corrected chi connectivity index (χ0v) is 14.3. The molecule has 27 heavy (non-hydrogen) atoms. The molecule has 0 bridgehead atoms. The number of nitrogens with one attached hydrogen (secondary N) is 1. The number of nitriles is 1. The van der Waals surface area contributed by atoms with Crippen molar-refractivity contribution in [3.8, 4) is 11.8 Å². The van der Waals surface area contributed by atoms with E-state index < -0.39 is 4.92 Å². The van der Waals surface area contributed by atoms with Crippen LogP contribution in [-0.2, 0) is 0 Å². The minimum atomic E-state index is -0.551. The first-order valence-corrected chi connectivity index (χ1v) is 8.06. The lowest BCUT2D eigenvalue weighted by Crippen LogP contribution is -2.11. The number of aromatic amines is 1. The summed E-state index contributed by atoms with van der Waals surface area (Å²) >= 11 is 0. The van der Waals surface area contributed by atoms with Crippen molar-refractivity contribution in [3.05, 3.63) is 74.3 Å². The molecule has 0 spiro atoms. The molecular formula is C19H14N4O4. The van der Waals surface area contributed by atoms with Crippen LogP contribution in [0.1, 0.15) is 18.3 Å². The van der Waals surface area contributed by atoms with Crippen LogP contribution in [0.4, 0.5) is 5.69 Å². The Morgan fingerprint density at radius 3 is 2.85 bits per heavy atom. The van der Waals surface area contributed by atoms with Crippen molar-refractivity contribution >= 4 is 28.2 Å². The quantitative estimate of drug-likeness (QED) is 0.422. The second-order valence-corrected chi connectivity index (χ2v) is 5.52. The Morgan fingerprint density at radius 1 is 1.37 bits per heavy atom. The van der Waals surface area contributed by atoms with Crippen LogP contribution in [0, 0.1) is 21.4 Å². The first kappa shape index (κ1) is 17.8. The molecule has 0 saturated heterocycles. The molecule has 8 heteroatoms. The van der Waals surface area contributed by atoms with Crippen molar-refractivity contribution in [1.29, 1.82) is 5.26 Å². The van der Waals surface area contributed by atoms with E-state index in [2.05, 4.69) is 9.97 Å². The van der Waals surface area contributed by atoms with Crippen molar-refractivity contribution < 1.29 is 9.66 Å². The van der Waals surface area contributed by atoms with Gasteiger partial charge in [-0.25, -0.2) is 4.98 Å². The number of nitro groups is 1. The van der Waals surface area contributed by atoms with E-state index in [-0.39, 0.29) is 28.4 Å². The molecule has 0 aliphatic heterocycles. The summed E-state index contributed by atoms with van der Waals surface area (Å²) in [4.78, 5) is 29.8. The number of fused-ring (bicyclic) bond motifs is 1. The van der Waals surface area contributed by atoms with Gasteiger partial charge in [0.25, 0.3) is 5.56 Å². The second-order valence-electron chi connectivity index (χ2n) is 5.52. The van der Waals surface area contributed by atoms with Crippen LogP contribution in [-0.4, -0.2) is 21.5 Å². The van der Waals surface area contributed by atoms with Crippen LogP contribution < -0.4 is 10.3 Å². The van der Waals surface area contributed by atoms with Gasteiger partial charge >= 0.3 is 5.69 Å². The second kappa shape index (κ2) is 7.49. The minimum absolute atomic E-state index is 0.0799. The number of nitro benzene ring substituents is 1. The highest BCUT2D eigenvalue weighted by atomic mass is 16.6. The van der Waals surface area contributed by atoms with Crippen molar-refractivity contribution in [2.45, 2.75) is 6.92 Å². The van der Waals surface area contributed by atoms with E-state index >= 15 is 0 Å². The molecule has 0 aliphatic rings. The Balaban J connectivity index is 2.10. The molecule has 0 saturated carbocycles. The molecule has 2 aromatic carbocycles. The highest BCUT2D eigenvalue weighted by Crippen LogP contribution is 2.29. The Morgan fingerprint density at radius 2 is 2.15 bits per heavy atom. The molecule has 0 radical (unpaired) electrons. The number of aromatic nitrogens is 2. The van der Waals surface area contributed by atoms with E-state index in [0.29, 0.717) is 23.1 Å². The Bertz CT molecular complexity index is 1160. The van der Waals surface area contributed by atoms with E-state index in [4.69, 9.17) is 4.74 Å². The summed E-state index contributed by atoms with van der Waals surface area (Å²) < 4.78 is 5.25. The maximum atomic E-state index is 12.2. The number of allylic oxidation sites excluding steroid dienone is 1. The molecule has 3 aromatic rings. The molecule has 1 N–H and O–H groups in total. The summed E-state index contributed by atoms with van der Waals surface area (Å²) in [6.07, 6.45) is 1.43. The minimum Gasteiger partial charge on any atom is -0.487 e. The molecule has 1 aromatic heterocycles. The number of benzene rings is 2. The topological polar surface area (TPSA) is 122 Å². The summed E-state index contributed by atoms with van der Waals surface area (Å²) in [6.45, 7) is 2.02. The van der Waals surface area contributed by atoms with E-state index in [0.717, 1.165) is 0 Å². The van der Waals surface area contributed by atoms with Crippen molar-refractivity contribution in [2.75, 3.05) is 6.61 Å². The molecule has 8 nitrogen and oxygen atoms in total. The van der Waals surface area contributed by atoms with Gasteiger partial charge in [0.2, 0.25) is 0 Å². The molecule has 1 heterocycles. The average molecular weight is 362 g/mol. The van der Waals surface area contributed by atoms with Gasteiger partial charge in [-0.3, -0.25) is 14.9 Å². The molecule has 0 unspecified atom stereocenters. The maximum Gasteiger partial charge on any atom is 0.311 e. The van der Waals surface area contributed by atoms with Crippen LogP contribution in [0.5, 0.6) is 5.75 Å². The van der Waals surface area contributed by atoms with Gasteiger partial charge in [0, 0.05) is 6.07 Å². The number of nitrogens with zero attached hydrogens (tertiary/aromatic N) is 3. The van der Waals surface area contributed by atoms with Gasteiger partial charge in [-0.05, 0) is 36.8 Å². The Kier molecular flexibility index (Phi) is 4.95. The van der Waals surface area contributed by atoms with Gasteiger partial charge in [0.1, 0.15) is 6.07 Å². The normalized spacial score (nSPS) is 11.2. The van der Waals surface area contributed by atoms with E-state index in [9.17, 15) is 20.2 Å². The third-order valence-electron chi connectivity index (χ3n) is 3.78. The summed E-state index contributed by atoms with van der Waals surface area (Å²) in [7, 11) is 0. The van der Waals surface area contributed by atoms with E-state index in [1.165, 1.54) is 18.2 Å². The third kappa shape index (κ3) is 3.67. The highest BCUT2D eigenvalue weighted by Gasteiger charge is 2.16. The zero-order valence-electron chi connectivity index (χ0n) is 14.3. The molecular weight excluding hydrogens is 348 g/mol. The van der Waals surface area contributed by atoms with E-state index in [1.54, 1.807) is 37.3 Å². The lowest BCUT2D eigenvalue weighted by molar-refractivity contribution is -0.385. The van der Waals surface area contributed by atoms with Crippen LogP contribution in [0.25, 0.3) is 22.6 Å². The van der Waals surface area contributed by atoms with Crippen LogP contribution in [0.15, 0.2) is 47.3 Å². The standard InChI is InChI=1S/C19H14N4O4/c1-2-27-17-8-7-12(10-16(17)23(25)26)9-13(11-20)18-21-15-6-4-3-5-14(15)19(24)22-18/h3-10H,2H2,1H3,(H,21,22,24)/b13-9-. The number of H-pyrrole nitrogens is 1. The van der Waals surface area contributed by atoms with Crippen molar-refractivity contribution in [3.63, 3.8) is 0 Å². The van der Waals surface area contributed by atoms with Gasteiger partial charge in [-0.2, -0.15) is 5.26 Å². The number of ether oxygens (including phenoxy) is 1. The van der Waals surface area contributed by atoms with E-state index in [1.807, 2.05) is 6.07 Å². The lowest BCUT2D eigenvalue weighted by atomic mass is 10.1. The van der Waals surface area contributed by atoms with Gasteiger partial charge in [0.15, 0.2) is 11.6 Å². The number of hydrogen-bond acceptors (Lipinski definition) is 6. The number of rotatable bonds is 5. The summed E-state index contributed by atoms with van der Waals surface area (Å²) in [5, 5.41) is 21.1. The van der Waals surface area contributed by atoms with Crippen LogP contribution >= 0.6 is 0 Å². The zero-order chi connectivity index (χ0) is 19.4. The van der Waals surface area contributed by atoms with Crippen LogP contribution in [0.3, 0.4) is 0 Å². The smallest absolute Gasteiger partial charge is 0.311 e. The maximum absolute atomic E-state index is 12.2. The van der Waals surface area contributed by atoms with Gasteiger partial charge in [-0.1, -0.05) is 18.2 Å². The predicted molar refractivity (Wildman–Crippen MR) is 100 cm³/mol. The predicted octanol–water partition coefficient (Wildman–Crippen LogP) is 3.29. The van der Waals surface area contributed by atoms with Gasteiger partial charge < -0.3 is 9.72 Å². The Hall–Kier alpha value is -3.99. The third-order valence-corrected chi connectivity index (χ3v) is 3.78. The first-order valence-electron chi connectivity index (χ1n) is 8.06. The fourth-order valence-electron chi connectivity index (χ4n) is 2.58. The summed E-state index contributed by atoms with van der Waals surface area (Å²) in [6, 6.07) is 13.1. The molecule has 0 fully saturated rings. The van der Waals surface area contributed by atoms with Crippen molar-refractivity contribution in [2.24, 2.45) is 0 Å². The highest BCUT2D eigenvalue weighted by molar-refractivity contribution is 5.89. The largest absolute Gasteiger partial charge is 0.487 e. The fraction of sp³-hybridized carbons (Fsp3) is 0.105. The number of hydrogen-bond donors (Lipinski definition) is 1. The summed E-state index contributed by atoms with van der Waals surface area (Å²) in [5.74, 6) is 0.244.